The summed E-state index contributed by atoms with van der Waals surface area (Å²) in [5.74, 6) is 0.365. The lowest BCUT2D eigenvalue weighted by Gasteiger charge is -2.23. The molecule has 0 radical (unpaired) electrons. The fourth-order valence-corrected chi connectivity index (χ4v) is 4.83. The molecule has 2 aromatic carbocycles. The Hall–Kier alpha value is -2.59. The van der Waals surface area contributed by atoms with Crippen LogP contribution < -0.4 is 5.32 Å². The standard InChI is InChI=1S/C24H24N2OS/c27-23(22(19-12-7-8-13-19)18-10-3-1-4-11-18)26-21-16-9-17-25-24(21)28-20-14-5-2-6-15-20/h1-6,9-11,14-17,19,22H,7-8,12-13H2,(H,26,27)/t22-/m1/s1. The molecule has 1 fully saturated rings. The van der Waals surface area contributed by atoms with Gasteiger partial charge >= 0.3 is 0 Å². The van der Waals surface area contributed by atoms with E-state index in [1.165, 1.54) is 12.8 Å². The van der Waals surface area contributed by atoms with Crippen molar-refractivity contribution < 1.29 is 4.79 Å². The van der Waals surface area contributed by atoms with E-state index in [1.54, 1.807) is 18.0 Å². The van der Waals surface area contributed by atoms with Crippen molar-refractivity contribution in [3.05, 3.63) is 84.6 Å². The summed E-state index contributed by atoms with van der Waals surface area (Å²) in [6.07, 6.45) is 6.43. The second-order valence-electron chi connectivity index (χ2n) is 7.19. The van der Waals surface area contributed by atoms with Gasteiger partial charge in [-0.3, -0.25) is 4.79 Å². The van der Waals surface area contributed by atoms with Crippen molar-refractivity contribution in [1.82, 2.24) is 4.98 Å². The molecule has 4 rings (SSSR count). The number of hydrogen-bond donors (Lipinski definition) is 1. The third-order valence-corrected chi connectivity index (χ3v) is 6.33. The second-order valence-corrected chi connectivity index (χ2v) is 8.26. The maximum Gasteiger partial charge on any atom is 0.232 e. The summed E-state index contributed by atoms with van der Waals surface area (Å²) in [5, 5.41) is 4.00. The Bertz CT molecular complexity index is 908. The van der Waals surface area contributed by atoms with Gasteiger partial charge in [0.2, 0.25) is 5.91 Å². The van der Waals surface area contributed by atoms with E-state index < -0.39 is 0 Å². The zero-order valence-electron chi connectivity index (χ0n) is 15.8. The van der Waals surface area contributed by atoms with Gasteiger partial charge in [0, 0.05) is 11.1 Å². The Labute approximate surface area is 170 Å². The molecule has 1 heterocycles. The number of nitrogens with one attached hydrogen (secondary N) is 1. The number of carbonyl (C=O) groups excluding carboxylic acids is 1. The van der Waals surface area contributed by atoms with Crippen molar-refractivity contribution in [2.45, 2.75) is 41.5 Å². The van der Waals surface area contributed by atoms with Crippen LogP contribution in [0.1, 0.15) is 37.2 Å². The predicted molar refractivity (Wildman–Crippen MR) is 115 cm³/mol. The van der Waals surface area contributed by atoms with Crippen molar-refractivity contribution in [1.29, 1.82) is 0 Å². The summed E-state index contributed by atoms with van der Waals surface area (Å²) in [5.41, 5.74) is 1.88. The van der Waals surface area contributed by atoms with E-state index in [2.05, 4.69) is 34.6 Å². The molecule has 0 unspecified atom stereocenters. The molecule has 1 aliphatic rings. The monoisotopic (exact) mass is 388 g/mol. The zero-order valence-corrected chi connectivity index (χ0v) is 16.6. The molecule has 1 N–H and O–H groups in total. The molecule has 142 valence electrons. The molecular weight excluding hydrogens is 364 g/mol. The van der Waals surface area contributed by atoms with Crippen molar-refractivity contribution in [2.24, 2.45) is 5.92 Å². The van der Waals surface area contributed by atoms with Crippen molar-refractivity contribution in [3.63, 3.8) is 0 Å². The fraction of sp³-hybridized carbons (Fsp3) is 0.250. The van der Waals surface area contributed by atoms with Crippen LogP contribution in [0.15, 0.2) is 88.9 Å². The summed E-state index contributed by atoms with van der Waals surface area (Å²) < 4.78 is 0. The topological polar surface area (TPSA) is 42.0 Å². The minimum atomic E-state index is -0.113. The van der Waals surface area contributed by atoms with Gasteiger partial charge in [0.05, 0.1) is 11.6 Å². The Kier molecular flexibility index (Phi) is 6.07. The van der Waals surface area contributed by atoms with Crippen LogP contribution in [0.3, 0.4) is 0 Å². The molecule has 0 saturated heterocycles. The summed E-state index contributed by atoms with van der Waals surface area (Å²) in [4.78, 5) is 19.0. The number of aromatic nitrogens is 1. The Morgan fingerprint density at radius 2 is 1.61 bits per heavy atom. The highest BCUT2D eigenvalue weighted by Crippen LogP contribution is 2.39. The van der Waals surface area contributed by atoms with Crippen LogP contribution in [-0.4, -0.2) is 10.9 Å². The molecule has 1 atom stereocenters. The van der Waals surface area contributed by atoms with Gasteiger partial charge in [0.15, 0.2) is 0 Å². The van der Waals surface area contributed by atoms with Gasteiger partial charge in [-0.2, -0.15) is 0 Å². The van der Waals surface area contributed by atoms with E-state index in [4.69, 9.17) is 0 Å². The summed E-state index contributed by atoms with van der Waals surface area (Å²) in [6.45, 7) is 0. The third-order valence-electron chi connectivity index (χ3n) is 5.30. The van der Waals surface area contributed by atoms with E-state index in [9.17, 15) is 4.79 Å². The first kappa shape index (κ1) is 18.8. The van der Waals surface area contributed by atoms with Gasteiger partial charge in [-0.25, -0.2) is 4.98 Å². The molecule has 1 saturated carbocycles. The highest BCUT2D eigenvalue weighted by molar-refractivity contribution is 7.99. The molecule has 0 bridgehead atoms. The molecule has 28 heavy (non-hydrogen) atoms. The van der Waals surface area contributed by atoms with Crippen molar-refractivity contribution in [3.8, 4) is 0 Å². The zero-order chi connectivity index (χ0) is 19.2. The van der Waals surface area contributed by atoms with Crippen molar-refractivity contribution >= 4 is 23.4 Å². The van der Waals surface area contributed by atoms with Crippen LogP contribution in [0.2, 0.25) is 0 Å². The molecule has 4 heteroatoms. The van der Waals surface area contributed by atoms with Crippen molar-refractivity contribution in [2.75, 3.05) is 5.32 Å². The molecule has 1 amide bonds. The molecule has 0 spiro atoms. The van der Waals surface area contributed by atoms with Gasteiger partial charge in [-0.15, -0.1) is 0 Å². The lowest BCUT2D eigenvalue weighted by molar-refractivity contribution is -0.118. The van der Waals surface area contributed by atoms with Crippen LogP contribution in [0.4, 0.5) is 5.69 Å². The Morgan fingerprint density at radius 1 is 0.929 bits per heavy atom. The lowest BCUT2D eigenvalue weighted by atomic mass is 9.84. The average Bonchev–Trinajstić information content (AvgIpc) is 3.25. The first-order valence-electron chi connectivity index (χ1n) is 9.85. The maximum absolute atomic E-state index is 13.4. The highest BCUT2D eigenvalue weighted by Gasteiger charge is 2.32. The summed E-state index contributed by atoms with van der Waals surface area (Å²) in [6, 6.07) is 24.1. The minimum Gasteiger partial charge on any atom is -0.323 e. The number of amides is 1. The molecule has 0 aliphatic heterocycles. The van der Waals surface area contributed by atoms with Crippen LogP contribution >= 0.6 is 11.8 Å². The lowest BCUT2D eigenvalue weighted by Crippen LogP contribution is -2.26. The van der Waals surface area contributed by atoms with E-state index in [1.807, 2.05) is 48.5 Å². The van der Waals surface area contributed by atoms with Gasteiger partial charge in [0.1, 0.15) is 5.03 Å². The number of nitrogens with zero attached hydrogens (tertiary/aromatic N) is 1. The van der Waals surface area contributed by atoms with Gasteiger partial charge in [-0.05, 0) is 48.6 Å². The largest absolute Gasteiger partial charge is 0.323 e. The van der Waals surface area contributed by atoms with Gasteiger partial charge < -0.3 is 5.32 Å². The maximum atomic E-state index is 13.4. The fourth-order valence-electron chi connectivity index (χ4n) is 3.97. The normalized spacial score (nSPS) is 15.3. The number of benzene rings is 2. The smallest absolute Gasteiger partial charge is 0.232 e. The number of rotatable bonds is 6. The van der Waals surface area contributed by atoms with Gasteiger partial charge in [-0.1, -0.05) is 73.1 Å². The molecule has 3 aromatic rings. The second kappa shape index (κ2) is 9.07. The highest BCUT2D eigenvalue weighted by atomic mass is 32.2. The van der Waals surface area contributed by atoms with E-state index in [0.29, 0.717) is 5.92 Å². The SMILES string of the molecule is O=C(Nc1cccnc1Sc1ccccc1)[C@H](c1ccccc1)C1CCCC1. The Balaban J connectivity index is 1.58. The predicted octanol–water partition coefficient (Wildman–Crippen LogP) is 6.15. The first-order chi connectivity index (χ1) is 13.8. The quantitative estimate of drug-likeness (QED) is 0.551. The number of pyridine rings is 1. The minimum absolute atomic E-state index is 0.0704. The average molecular weight is 389 g/mol. The Morgan fingerprint density at radius 3 is 2.32 bits per heavy atom. The molecule has 3 nitrogen and oxygen atoms in total. The molecule has 1 aliphatic carbocycles. The third kappa shape index (κ3) is 4.45. The number of hydrogen-bond acceptors (Lipinski definition) is 3. The molecule has 1 aromatic heterocycles. The van der Waals surface area contributed by atoms with Crippen LogP contribution in [0, 0.1) is 5.92 Å². The van der Waals surface area contributed by atoms with E-state index in [0.717, 1.165) is 34.0 Å². The van der Waals surface area contributed by atoms with E-state index >= 15 is 0 Å². The van der Waals surface area contributed by atoms with Crippen LogP contribution in [-0.2, 0) is 4.79 Å². The molecular formula is C24H24N2OS. The summed E-state index contributed by atoms with van der Waals surface area (Å²) >= 11 is 1.57. The van der Waals surface area contributed by atoms with Crippen LogP contribution in [0.5, 0.6) is 0 Å². The first-order valence-corrected chi connectivity index (χ1v) is 10.7. The van der Waals surface area contributed by atoms with Gasteiger partial charge in [0.25, 0.3) is 0 Å². The number of anilines is 1. The number of carbonyl (C=O) groups is 1. The van der Waals surface area contributed by atoms with E-state index in [-0.39, 0.29) is 11.8 Å². The summed E-state index contributed by atoms with van der Waals surface area (Å²) in [7, 11) is 0. The van der Waals surface area contributed by atoms with Crippen LogP contribution in [0.25, 0.3) is 0 Å².